The van der Waals surface area contributed by atoms with E-state index in [-0.39, 0.29) is 5.54 Å². The van der Waals surface area contributed by atoms with Gasteiger partial charge < -0.3 is 15.5 Å². The number of imidazole rings is 1. The van der Waals surface area contributed by atoms with Gasteiger partial charge in [-0.05, 0) is 19.8 Å². The molecular weight excluding hydrogens is 226 g/mol. The summed E-state index contributed by atoms with van der Waals surface area (Å²) in [6.07, 6.45) is 11.7. The molecule has 18 heavy (non-hydrogen) atoms. The highest BCUT2D eigenvalue weighted by Gasteiger charge is 2.27. The molecule has 3 rings (SSSR count). The molecule has 0 spiro atoms. The number of aromatic nitrogens is 3. The smallest absolute Gasteiger partial charge is 0.180 e. The summed E-state index contributed by atoms with van der Waals surface area (Å²) in [6.45, 7) is 2.26. The van der Waals surface area contributed by atoms with E-state index in [1.54, 1.807) is 12.4 Å². The first-order valence-electron chi connectivity index (χ1n) is 6.54. The van der Waals surface area contributed by atoms with Crippen molar-refractivity contribution in [2.75, 3.05) is 11.1 Å². The molecule has 5 heteroatoms. The molecule has 1 aliphatic rings. The maximum Gasteiger partial charge on any atom is 0.180 e. The summed E-state index contributed by atoms with van der Waals surface area (Å²) in [5, 5.41) is 3.55. The molecule has 0 unspecified atom stereocenters. The van der Waals surface area contributed by atoms with Crippen LogP contribution in [0.4, 0.5) is 11.6 Å². The van der Waals surface area contributed by atoms with E-state index < -0.39 is 0 Å². The molecule has 0 amide bonds. The zero-order valence-electron chi connectivity index (χ0n) is 10.7. The van der Waals surface area contributed by atoms with Crippen molar-refractivity contribution in [2.24, 2.45) is 0 Å². The lowest BCUT2D eigenvalue weighted by atomic mass is 9.83. The third-order valence-electron chi connectivity index (χ3n) is 3.77. The number of hydrogen-bond acceptors (Lipinski definition) is 4. The summed E-state index contributed by atoms with van der Waals surface area (Å²) in [5.41, 5.74) is 6.79. The molecule has 5 nitrogen and oxygen atoms in total. The number of anilines is 2. The lowest BCUT2D eigenvalue weighted by Gasteiger charge is -2.35. The Labute approximate surface area is 106 Å². The monoisotopic (exact) mass is 245 g/mol. The van der Waals surface area contributed by atoms with E-state index in [1.807, 2.05) is 10.6 Å². The van der Waals surface area contributed by atoms with Gasteiger partial charge in [0.15, 0.2) is 11.5 Å². The van der Waals surface area contributed by atoms with Crippen molar-refractivity contribution in [1.82, 2.24) is 14.4 Å². The number of nitrogens with zero attached hydrogens (tertiary/aromatic N) is 3. The van der Waals surface area contributed by atoms with Crippen molar-refractivity contribution in [3.05, 3.63) is 18.6 Å². The number of nitrogens with one attached hydrogen (secondary N) is 1. The summed E-state index contributed by atoms with van der Waals surface area (Å²) in [5.74, 6) is 1.31. The van der Waals surface area contributed by atoms with E-state index in [0.29, 0.717) is 5.82 Å². The SMILES string of the molecule is CC1(Nc2nc(N)cn3ccnc23)CCCCC1. The van der Waals surface area contributed by atoms with Crippen LogP contribution in [0.5, 0.6) is 0 Å². The van der Waals surface area contributed by atoms with Crippen molar-refractivity contribution in [2.45, 2.75) is 44.6 Å². The fourth-order valence-corrected chi connectivity index (χ4v) is 2.78. The molecule has 0 saturated heterocycles. The number of rotatable bonds is 2. The molecule has 1 fully saturated rings. The van der Waals surface area contributed by atoms with Gasteiger partial charge in [0.2, 0.25) is 0 Å². The summed E-state index contributed by atoms with van der Waals surface area (Å²) in [7, 11) is 0. The number of nitrogens with two attached hydrogens (primary N) is 1. The summed E-state index contributed by atoms with van der Waals surface area (Å²) in [6, 6.07) is 0. The molecule has 1 saturated carbocycles. The lowest BCUT2D eigenvalue weighted by molar-refractivity contribution is 0.349. The molecule has 2 aromatic heterocycles. The van der Waals surface area contributed by atoms with Crippen molar-refractivity contribution < 1.29 is 0 Å². The second-order valence-corrected chi connectivity index (χ2v) is 5.42. The molecule has 96 valence electrons. The second kappa shape index (κ2) is 4.15. The van der Waals surface area contributed by atoms with E-state index in [9.17, 15) is 0 Å². The Hall–Kier alpha value is -1.78. The Balaban J connectivity index is 1.96. The average Bonchev–Trinajstić information content (AvgIpc) is 2.77. The van der Waals surface area contributed by atoms with Gasteiger partial charge in [-0.3, -0.25) is 0 Å². The summed E-state index contributed by atoms with van der Waals surface area (Å²) >= 11 is 0. The van der Waals surface area contributed by atoms with Crippen LogP contribution in [0.1, 0.15) is 39.0 Å². The van der Waals surface area contributed by atoms with Crippen LogP contribution in [0.2, 0.25) is 0 Å². The number of fused-ring (bicyclic) bond motifs is 1. The topological polar surface area (TPSA) is 68.2 Å². The van der Waals surface area contributed by atoms with Crippen molar-refractivity contribution in [3.8, 4) is 0 Å². The first kappa shape index (κ1) is 11.3. The Morgan fingerprint density at radius 3 is 2.89 bits per heavy atom. The average molecular weight is 245 g/mol. The predicted octanol–water partition coefficient (Wildman–Crippen LogP) is 2.45. The van der Waals surface area contributed by atoms with Gasteiger partial charge in [-0.1, -0.05) is 19.3 Å². The fourth-order valence-electron chi connectivity index (χ4n) is 2.78. The Bertz CT molecular complexity index is 554. The van der Waals surface area contributed by atoms with Crippen LogP contribution >= 0.6 is 0 Å². The molecule has 1 aliphatic carbocycles. The molecule has 2 heterocycles. The van der Waals surface area contributed by atoms with Crippen LogP contribution in [0.15, 0.2) is 18.6 Å². The van der Waals surface area contributed by atoms with Crippen LogP contribution < -0.4 is 11.1 Å². The van der Waals surface area contributed by atoms with E-state index in [0.717, 1.165) is 11.5 Å². The van der Waals surface area contributed by atoms with Gasteiger partial charge >= 0.3 is 0 Å². The van der Waals surface area contributed by atoms with Crippen molar-refractivity contribution >= 4 is 17.3 Å². The van der Waals surface area contributed by atoms with Crippen molar-refractivity contribution in [3.63, 3.8) is 0 Å². The van der Waals surface area contributed by atoms with Crippen LogP contribution in [0, 0.1) is 0 Å². The molecule has 0 radical (unpaired) electrons. The highest BCUT2D eigenvalue weighted by atomic mass is 15.1. The normalized spacial score (nSPS) is 18.9. The summed E-state index contributed by atoms with van der Waals surface area (Å²) in [4.78, 5) is 8.73. The molecule has 0 aliphatic heterocycles. The molecule has 3 N–H and O–H groups in total. The minimum Gasteiger partial charge on any atom is -0.382 e. The molecule has 0 bridgehead atoms. The quantitative estimate of drug-likeness (QED) is 0.852. The highest BCUT2D eigenvalue weighted by Crippen LogP contribution is 2.31. The Kier molecular flexibility index (Phi) is 2.61. The number of nitrogen functional groups attached to an aromatic ring is 1. The fraction of sp³-hybridized carbons (Fsp3) is 0.538. The maximum atomic E-state index is 5.83. The van der Waals surface area contributed by atoms with Crippen LogP contribution in [-0.2, 0) is 0 Å². The van der Waals surface area contributed by atoms with Crippen LogP contribution in [0.25, 0.3) is 5.65 Å². The minimum absolute atomic E-state index is 0.117. The number of hydrogen-bond donors (Lipinski definition) is 2. The first-order chi connectivity index (χ1) is 8.66. The van der Waals surface area contributed by atoms with E-state index >= 15 is 0 Å². The molecule has 2 aromatic rings. The van der Waals surface area contributed by atoms with Gasteiger partial charge in [0.05, 0.1) is 6.20 Å². The molecule has 0 atom stereocenters. The zero-order chi connectivity index (χ0) is 12.6. The van der Waals surface area contributed by atoms with Gasteiger partial charge in [-0.2, -0.15) is 0 Å². The van der Waals surface area contributed by atoms with Gasteiger partial charge in [0.25, 0.3) is 0 Å². The van der Waals surface area contributed by atoms with Gasteiger partial charge in [0.1, 0.15) is 5.82 Å². The summed E-state index contributed by atoms with van der Waals surface area (Å²) < 4.78 is 1.91. The van der Waals surface area contributed by atoms with E-state index in [2.05, 4.69) is 22.2 Å². The predicted molar refractivity (Wildman–Crippen MR) is 72.5 cm³/mol. The minimum atomic E-state index is 0.117. The molecule has 0 aromatic carbocycles. The Morgan fingerprint density at radius 1 is 1.33 bits per heavy atom. The standard InChI is InChI=1S/C13H19N5/c1-13(5-3-2-4-6-13)17-11-12-15-7-8-18(12)9-10(14)16-11/h7-9H,2-6,14H2,1H3,(H,16,17). The van der Waals surface area contributed by atoms with E-state index in [1.165, 1.54) is 32.1 Å². The highest BCUT2D eigenvalue weighted by molar-refractivity contribution is 5.65. The lowest BCUT2D eigenvalue weighted by Crippen LogP contribution is -2.37. The van der Waals surface area contributed by atoms with Gasteiger partial charge in [-0.15, -0.1) is 0 Å². The van der Waals surface area contributed by atoms with Crippen LogP contribution in [0.3, 0.4) is 0 Å². The second-order valence-electron chi connectivity index (χ2n) is 5.42. The maximum absolute atomic E-state index is 5.83. The third kappa shape index (κ3) is 2.00. The molecular formula is C13H19N5. The van der Waals surface area contributed by atoms with Crippen LogP contribution in [-0.4, -0.2) is 19.9 Å². The van der Waals surface area contributed by atoms with Gasteiger partial charge in [-0.25, -0.2) is 9.97 Å². The van der Waals surface area contributed by atoms with E-state index in [4.69, 9.17) is 5.73 Å². The van der Waals surface area contributed by atoms with Crippen molar-refractivity contribution in [1.29, 1.82) is 0 Å². The largest absolute Gasteiger partial charge is 0.382 e. The third-order valence-corrected chi connectivity index (χ3v) is 3.77. The first-order valence-corrected chi connectivity index (χ1v) is 6.54. The Morgan fingerprint density at radius 2 is 2.11 bits per heavy atom. The zero-order valence-corrected chi connectivity index (χ0v) is 10.7. The van der Waals surface area contributed by atoms with Gasteiger partial charge in [0, 0.05) is 17.9 Å².